The lowest BCUT2D eigenvalue weighted by molar-refractivity contribution is 0.0562. The average Bonchev–Trinajstić information content (AvgIpc) is 2.47. The number of hydrogen-bond acceptors (Lipinski definition) is 4. The van der Waals surface area contributed by atoms with Crippen molar-refractivity contribution in [3.8, 4) is 5.75 Å². The van der Waals surface area contributed by atoms with Gasteiger partial charge in [-0.2, -0.15) is 0 Å². The lowest BCUT2D eigenvalue weighted by atomic mass is 9.99. The van der Waals surface area contributed by atoms with Gasteiger partial charge < -0.3 is 14.7 Å². The van der Waals surface area contributed by atoms with Gasteiger partial charge in [0.15, 0.2) is 5.78 Å². The summed E-state index contributed by atoms with van der Waals surface area (Å²) in [4.78, 5) is 13.4. The molecule has 0 amide bonds. The summed E-state index contributed by atoms with van der Waals surface area (Å²) in [6.45, 7) is 6.25. The molecule has 1 saturated heterocycles. The highest BCUT2D eigenvalue weighted by Gasteiger charge is 2.18. The van der Waals surface area contributed by atoms with Crippen molar-refractivity contribution < 1.29 is 19.0 Å². The molecule has 0 spiro atoms. The molecule has 1 aliphatic rings. The van der Waals surface area contributed by atoms with Gasteiger partial charge in [-0.05, 0) is 50.9 Å². The molecule has 0 aromatic heterocycles. The van der Waals surface area contributed by atoms with E-state index in [-0.39, 0.29) is 18.0 Å². The van der Waals surface area contributed by atoms with Gasteiger partial charge in [0.25, 0.3) is 0 Å². The van der Waals surface area contributed by atoms with Crippen molar-refractivity contribution in [1.29, 1.82) is 0 Å². The first-order valence-corrected chi connectivity index (χ1v) is 7.79. The van der Waals surface area contributed by atoms with Crippen LogP contribution in [0.4, 0.5) is 4.39 Å². The monoisotopic (exact) mass is 309 g/mol. The molecule has 122 valence electrons. The van der Waals surface area contributed by atoms with Crippen LogP contribution in [0.15, 0.2) is 18.2 Å². The van der Waals surface area contributed by atoms with Crippen LogP contribution < -0.4 is 4.74 Å². The van der Waals surface area contributed by atoms with Gasteiger partial charge in [0.2, 0.25) is 0 Å². The second-order valence-corrected chi connectivity index (χ2v) is 6.15. The quantitative estimate of drug-likeness (QED) is 0.820. The van der Waals surface area contributed by atoms with Crippen molar-refractivity contribution in [1.82, 2.24) is 4.90 Å². The number of Topliss-reactive ketones (excluding diaryl/α,β-unsaturated/α-hetero) is 1. The van der Waals surface area contributed by atoms with E-state index in [0.29, 0.717) is 12.3 Å². The molecular weight excluding hydrogens is 285 g/mol. The fraction of sp³-hybridized carbons (Fsp3) is 0.588. The zero-order chi connectivity index (χ0) is 16.1. The summed E-state index contributed by atoms with van der Waals surface area (Å²) in [5.41, 5.74) is 0.0512. The van der Waals surface area contributed by atoms with Crippen LogP contribution >= 0.6 is 0 Å². The molecule has 0 bridgehead atoms. The lowest BCUT2D eigenvalue weighted by Crippen LogP contribution is -2.40. The number of nitrogens with zero attached hydrogens (tertiary/aromatic N) is 1. The summed E-state index contributed by atoms with van der Waals surface area (Å²) in [5.74, 6) is 0.175. The summed E-state index contributed by atoms with van der Waals surface area (Å²) < 4.78 is 19.1. The molecule has 5 heteroatoms. The van der Waals surface area contributed by atoms with Crippen LogP contribution in [0, 0.1) is 11.7 Å². The maximum Gasteiger partial charge on any atom is 0.162 e. The van der Waals surface area contributed by atoms with Crippen LogP contribution in [-0.2, 0) is 0 Å². The van der Waals surface area contributed by atoms with Gasteiger partial charge in [0.05, 0.1) is 5.56 Å². The maximum atomic E-state index is 13.7. The van der Waals surface area contributed by atoms with Gasteiger partial charge in [-0.3, -0.25) is 4.79 Å². The summed E-state index contributed by atoms with van der Waals surface area (Å²) in [5, 5.41) is 10.0. The molecule has 1 aliphatic heterocycles. The highest BCUT2D eigenvalue weighted by atomic mass is 19.1. The van der Waals surface area contributed by atoms with Gasteiger partial charge in [0, 0.05) is 12.6 Å². The molecule has 1 fully saturated rings. The number of carbonyl (C=O) groups excluding carboxylic acids is 1. The highest BCUT2D eigenvalue weighted by Crippen LogP contribution is 2.18. The van der Waals surface area contributed by atoms with E-state index < -0.39 is 11.9 Å². The number of aliphatic hydroxyl groups is 1. The van der Waals surface area contributed by atoms with Crippen molar-refractivity contribution in [2.75, 3.05) is 26.2 Å². The molecule has 1 N–H and O–H groups in total. The summed E-state index contributed by atoms with van der Waals surface area (Å²) >= 11 is 0. The summed E-state index contributed by atoms with van der Waals surface area (Å²) in [6, 6.07) is 4.15. The van der Waals surface area contributed by atoms with Crippen LogP contribution in [0.25, 0.3) is 0 Å². The van der Waals surface area contributed by atoms with E-state index in [1.54, 1.807) is 6.07 Å². The number of ether oxygens (including phenoxy) is 1. The number of carbonyl (C=O) groups is 1. The van der Waals surface area contributed by atoms with Crippen molar-refractivity contribution in [3.05, 3.63) is 29.6 Å². The Morgan fingerprint density at radius 2 is 2.14 bits per heavy atom. The van der Waals surface area contributed by atoms with Crippen molar-refractivity contribution in [2.45, 2.75) is 32.8 Å². The van der Waals surface area contributed by atoms with E-state index in [0.717, 1.165) is 31.8 Å². The number of likely N-dealkylation sites (tertiary alicyclic amines) is 1. The Morgan fingerprint density at radius 3 is 2.73 bits per heavy atom. The Labute approximate surface area is 130 Å². The number of hydrogen-bond donors (Lipinski definition) is 1. The molecule has 1 aromatic carbocycles. The topological polar surface area (TPSA) is 49.8 Å². The van der Waals surface area contributed by atoms with Crippen LogP contribution in [0.1, 0.15) is 37.0 Å². The Morgan fingerprint density at radius 1 is 1.45 bits per heavy atom. The first kappa shape index (κ1) is 16.9. The van der Waals surface area contributed by atoms with Gasteiger partial charge in [-0.1, -0.05) is 6.92 Å². The maximum absolute atomic E-state index is 13.7. The number of β-amino-alcohol motifs (C(OH)–C–C–N with tert-alkyl or cyclic N) is 1. The number of halogens is 1. The number of piperidine rings is 1. The molecule has 1 atom stereocenters. The van der Waals surface area contributed by atoms with Gasteiger partial charge in [-0.15, -0.1) is 0 Å². The Hall–Kier alpha value is -1.46. The smallest absolute Gasteiger partial charge is 0.162 e. The second kappa shape index (κ2) is 7.70. The van der Waals surface area contributed by atoms with Gasteiger partial charge in [0.1, 0.15) is 24.3 Å². The fourth-order valence-electron chi connectivity index (χ4n) is 2.66. The van der Waals surface area contributed by atoms with Crippen molar-refractivity contribution >= 4 is 5.78 Å². The van der Waals surface area contributed by atoms with Crippen LogP contribution in [-0.4, -0.2) is 48.1 Å². The molecule has 0 aliphatic carbocycles. The zero-order valence-electron chi connectivity index (χ0n) is 13.2. The normalized spacial score (nSPS) is 18.2. The first-order chi connectivity index (χ1) is 10.5. The Bertz CT molecular complexity index is 513. The van der Waals surface area contributed by atoms with Gasteiger partial charge >= 0.3 is 0 Å². The van der Waals surface area contributed by atoms with E-state index >= 15 is 0 Å². The van der Waals surface area contributed by atoms with Crippen LogP contribution in [0.3, 0.4) is 0 Å². The van der Waals surface area contributed by atoms with Crippen molar-refractivity contribution in [2.24, 2.45) is 5.92 Å². The Balaban J connectivity index is 1.79. The molecule has 22 heavy (non-hydrogen) atoms. The Kier molecular flexibility index (Phi) is 5.91. The molecule has 1 unspecified atom stereocenters. The minimum Gasteiger partial charge on any atom is -0.491 e. The molecule has 1 heterocycles. The number of ketones is 1. The predicted molar refractivity (Wildman–Crippen MR) is 82.7 cm³/mol. The molecule has 0 radical (unpaired) electrons. The third-order valence-corrected chi connectivity index (χ3v) is 4.11. The van der Waals surface area contributed by atoms with E-state index in [2.05, 4.69) is 11.8 Å². The molecule has 4 nitrogen and oxygen atoms in total. The predicted octanol–water partition coefficient (Wildman–Crippen LogP) is 2.50. The second-order valence-electron chi connectivity index (χ2n) is 6.15. The van der Waals surface area contributed by atoms with Gasteiger partial charge in [-0.25, -0.2) is 4.39 Å². The minimum absolute atomic E-state index is 0.0512. The van der Waals surface area contributed by atoms with E-state index in [9.17, 15) is 14.3 Å². The fourth-order valence-corrected chi connectivity index (χ4v) is 2.66. The first-order valence-electron chi connectivity index (χ1n) is 7.79. The number of benzene rings is 1. The number of rotatable bonds is 6. The highest BCUT2D eigenvalue weighted by molar-refractivity contribution is 5.94. The molecular formula is C17H24FNO3. The lowest BCUT2D eigenvalue weighted by Gasteiger charge is -2.31. The van der Waals surface area contributed by atoms with Crippen LogP contribution in [0.2, 0.25) is 0 Å². The third kappa shape index (κ3) is 4.78. The molecule has 0 saturated carbocycles. The zero-order valence-corrected chi connectivity index (χ0v) is 13.2. The van der Waals surface area contributed by atoms with E-state index in [4.69, 9.17) is 4.74 Å². The van der Waals surface area contributed by atoms with Crippen molar-refractivity contribution in [3.63, 3.8) is 0 Å². The van der Waals surface area contributed by atoms with E-state index in [1.165, 1.54) is 19.1 Å². The SMILES string of the molecule is CC(=O)c1ccc(OCC(O)CN2CCC(C)CC2)cc1F. The number of aliphatic hydroxyl groups excluding tert-OH is 1. The molecule has 1 aromatic rings. The largest absolute Gasteiger partial charge is 0.491 e. The van der Waals surface area contributed by atoms with Crippen LogP contribution in [0.5, 0.6) is 5.75 Å². The third-order valence-electron chi connectivity index (χ3n) is 4.11. The standard InChI is InChI=1S/C17H24FNO3/c1-12-5-7-19(8-6-12)10-14(21)11-22-15-3-4-16(13(2)20)17(18)9-15/h3-4,9,12,14,21H,5-8,10-11H2,1-2H3. The van der Waals surface area contributed by atoms with E-state index in [1.807, 2.05) is 0 Å². The minimum atomic E-state index is -0.607. The average molecular weight is 309 g/mol. The summed E-state index contributed by atoms with van der Waals surface area (Å²) in [7, 11) is 0. The molecule has 2 rings (SSSR count). The summed E-state index contributed by atoms with van der Waals surface area (Å²) in [6.07, 6.45) is 1.71.